The molecule has 0 saturated heterocycles. The van der Waals surface area contributed by atoms with Crippen molar-refractivity contribution in [3.8, 4) is 0 Å². The molecule has 0 bridgehead atoms. The van der Waals surface area contributed by atoms with E-state index in [1.165, 1.54) is 18.2 Å². The summed E-state index contributed by atoms with van der Waals surface area (Å²) in [6.07, 6.45) is 0.158. The molecule has 1 rings (SSSR count). The molecular formula is C14H19BrFNO2. The van der Waals surface area contributed by atoms with E-state index in [0.29, 0.717) is 17.4 Å². The number of halogens is 2. The number of aliphatic hydroxyl groups is 1. The number of hydrogen-bond donors (Lipinski definition) is 2. The fraction of sp³-hybridized carbons (Fsp3) is 0.500. The lowest BCUT2D eigenvalue weighted by Gasteiger charge is -2.26. The molecule has 0 heterocycles. The smallest absolute Gasteiger partial charge is 0.252 e. The van der Waals surface area contributed by atoms with Crippen LogP contribution in [0.5, 0.6) is 0 Å². The van der Waals surface area contributed by atoms with Gasteiger partial charge >= 0.3 is 0 Å². The van der Waals surface area contributed by atoms with Crippen LogP contribution in [-0.2, 0) is 0 Å². The molecule has 2 N–H and O–H groups in total. The van der Waals surface area contributed by atoms with Crippen molar-refractivity contribution in [3.63, 3.8) is 0 Å². The molecule has 1 unspecified atom stereocenters. The van der Waals surface area contributed by atoms with Gasteiger partial charge in [0.05, 0.1) is 11.7 Å². The first-order chi connectivity index (χ1) is 8.71. The van der Waals surface area contributed by atoms with Crippen molar-refractivity contribution in [3.05, 3.63) is 34.1 Å². The average Bonchev–Trinajstić information content (AvgIpc) is 2.27. The molecule has 0 aliphatic heterocycles. The van der Waals surface area contributed by atoms with Gasteiger partial charge in [0.25, 0.3) is 5.91 Å². The molecule has 0 aromatic heterocycles. The lowest BCUT2D eigenvalue weighted by atomic mass is 9.87. The summed E-state index contributed by atoms with van der Waals surface area (Å²) in [7, 11) is 0. The monoisotopic (exact) mass is 331 g/mol. The highest BCUT2D eigenvalue weighted by molar-refractivity contribution is 9.10. The van der Waals surface area contributed by atoms with Crippen molar-refractivity contribution >= 4 is 21.8 Å². The maximum Gasteiger partial charge on any atom is 0.252 e. The van der Waals surface area contributed by atoms with Gasteiger partial charge in [0.1, 0.15) is 5.82 Å². The number of amides is 1. The first kappa shape index (κ1) is 16.1. The van der Waals surface area contributed by atoms with Crippen LogP contribution in [0.2, 0.25) is 0 Å². The number of benzene rings is 1. The molecule has 1 atom stereocenters. The molecule has 0 fully saturated rings. The fourth-order valence-corrected chi connectivity index (χ4v) is 2.38. The van der Waals surface area contributed by atoms with E-state index in [2.05, 4.69) is 21.2 Å². The van der Waals surface area contributed by atoms with E-state index in [1.807, 2.05) is 13.8 Å². The van der Waals surface area contributed by atoms with Crippen LogP contribution in [0.3, 0.4) is 0 Å². The fourth-order valence-electron chi connectivity index (χ4n) is 1.96. The van der Waals surface area contributed by atoms with Crippen LogP contribution in [-0.4, -0.2) is 23.7 Å². The zero-order valence-electron chi connectivity index (χ0n) is 11.3. The molecule has 0 saturated carbocycles. The van der Waals surface area contributed by atoms with Crippen molar-refractivity contribution in [2.75, 3.05) is 6.54 Å². The lowest BCUT2D eigenvalue weighted by molar-refractivity contribution is 0.0901. The molecule has 0 radical (unpaired) electrons. The Morgan fingerprint density at radius 3 is 2.74 bits per heavy atom. The van der Waals surface area contributed by atoms with E-state index in [1.54, 1.807) is 6.92 Å². The van der Waals surface area contributed by atoms with Gasteiger partial charge < -0.3 is 10.4 Å². The lowest BCUT2D eigenvalue weighted by Crippen LogP contribution is -2.35. The second-order valence-corrected chi connectivity index (χ2v) is 6.38. The van der Waals surface area contributed by atoms with Crippen molar-refractivity contribution in [2.24, 2.45) is 5.41 Å². The van der Waals surface area contributed by atoms with Gasteiger partial charge in [-0.25, -0.2) is 4.39 Å². The van der Waals surface area contributed by atoms with Crippen molar-refractivity contribution in [2.45, 2.75) is 33.3 Å². The third kappa shape index (κ3) is 5.28. The van der Waals surface area contributed by atoms with Crippen LogP contribution < -0.4 is 5.32 Å². The van der Waals surface area contributed by atoms with Gasteiger partial charge in [-0.2, -0.15) is 0 Å². The number of carbonyl (C=O) groups is 1. The highest BCUT2D eigenvalue weighted by Gasteiger charge is 2.22. The van der Waals surface area contributed by atoms with Crippen LogP contribution in [0.15, 0.2) is 22.7 Å². The summed E-state index contributed by atoms with van der Waals surface area (Å²) in [5.74, 6) is -0.776. The van der Waals surface area contributed by atoms with Crippen LogP contribution in [0.4, 0.5) is 4.39 Å². The third-order valence-corrected chi connectivity index (χ3v) is 3.44. The summed E-state index contributed by atoms with van der Waals surface area (Å²) in [6.45, 7) is 6.05. The normalized spacial score (nSPS) is 13.2. The Morgan fingerprint density at radius 2 is 2.16 bits per heavy atom. The van der Waals surface area contributed by atoms with Crippen molar-refractivity contribution in [1.82, 2.24) is 5.32 Å². The number of hydrogen-bond acceptors (Lipinski definition) is 2. The summed E-state index contributed by atoms with van der Waals surface area (Å²) in [5, 5.41) is 12.1. The summed E-state index contributed by atoms with van der Waals surface area (Å²) in [5.41, 5.74) is 0.0525. The van der Waals surface area contributed by atoms with E-state index < -0.39 is 11.9 Å². The summed E-state index contributed by atoms with van der Waals surface area (Å²) < 4.78 is 13.7. The molecule has 3 nitrogen and oxygen atoms in total. The van der Waals surface area contributed by atoms with E-state index in [-0.39, 0.29) is 16.9 Å². The topological polar surface area (TPSA) is 49.3 Å². The second-order valence-electron chi connectivity index (χ2n) is 5.52. The van der Waals surface area contributed by atoms with E-state index in [9.17, 15) is 14.3 Å². The van der Waals surface area contributed by atoms with Crippen molar-refractivity contribution < 1.29 is 14.3 Å². The molecule has 0 aliphatic rings. The minimum atomic E-state index is -0.448. The Labute approximate surface area is 121 Å². The van der Waals surface area contributed by atoms with Gasteiger partial charge in [-0.15, -0.1) is 0 Å². The Kier molecular flexibility index (Phi) is 5.50. The summed E-state index contributed by atoms with van der Waals surface area (Å²) in [6, 6.07) is 3.99. The van der Waals surface area contributed by atoms with Crippen LogP contribution >= 0.6 is 15.9 Å². The Hall–Kier alpha value is -0.940. The third-order valence-electron chi connectivity index (χ3n) is 2.75. The maximum atomic E-state index is 13.1. The molecule has 1 aromatic carbocycles. The number of aliphatic hydroxyl groups excluding tert-OH is 1. The summed E-state index contributed by atoms with van der Waals surface area (Å²) >= 11 is 3.22. The maximum absolute atomic E-state index is 13.1. The number of carbonyl (C=O) groups excluding carboxylic acids is 1. The quantitative estimate of drug-likeness (QED) is 0.870. The Balaban J connectivity index is 2.68. The standard InChI is InChI=1S/C14H19BrFNO2/c1-9(18)7-14(2,3)8-17-13(19)11-6-10(16)4-5-12(11)15/h4-6,9,18H,7-8H2,1-3H3,(H,17,19). The Morgan fingerprint density at radius 1 is 1.53 bits per heavy atom. The zero-order chi connectivity index (χ0) is 14.6. The predicted molar refractivity (Wildman–Crippen MR) is 76.5 cm³/mol. The van der Waals surface area contributed by atoms with E-state index in [4.69, 9.17) is 0 Å². The van der Waals surface area contributed by atoms with Gasteiger partial charge in [-0.05, 0) is 52.9 Å². The van der Waals surface area contributed by atoms with E-state index >= 15 is 0 Å². The average molecular weight is 332 g/mol. The van der Waals surface area contributed by atoms with Gasteiger partial charge in [0.15, 0.2) is 0 Å². The number of rotatable bonds is 5. The molecule has 1 amide bonds. The van der Waals surface area contributed by atoms with Crippen LogP contribution in [0, 0.1) is 11.2 Å². The van der Waals surface area contributed by atoms with Crippen molar-refractivity contribution in [1.29, 1.82) is 0 Å². The van der Waals surface area contributed by atoms with Gasteiger partial charge in [-0.1, -0.05) is 13.8 Å². The highest BCUT2D eigenvalue weighted by Crippen LogP contribution is 2.22. The number of nitrogens with one attached hydrogen (secondary N) is 1. The minimum Gasteiger partial charge on any atom is -0.393 e. The summed E-state index contributed by atoms with van der Waals surface area (Å²) in [4.78, 5) is 12.0. The first-order valence-electron chi connectivity index (χ1n) is 6.12. The van der Waals surface area contributed by atoms with Gasteiger partial charge in [0, 0.05) is 11.0 Å². The van der Waals surface area contributed by atoms with E-state index in [0.717, 1.165) is 0 Å². The molecule has 1 aromatic rings. The van der Waals surface area contributed by atoms with Gasteiger partial charge in [0.2, 0.25) is 0 Å². The van der Waals surface area contributed by atoms with Crippen LogP contribution in [0.1, 0.15) is 37.6 Å². The molecule has 0 spiro atoms. The first-order valence-corrected chi connectivity index (χ1v) is 6.92. The Bertz CT molecular complexity index is 461. The van der Waals surface area contributed by atoms with Gasteiger partial charge in [-0.3, -0.25) is 4.79 Å². The predicted octanol–water partition coefficient (Wildman–Crippen LogP) is 3.12. The second kappa shape index (κ2) is 6.48. The SMILES string of the molecule is CC(O)CC(C)(C)CNC(=O)c1cc(F)ccc1Br. The molecule has 19 heavy (non-hydrogen) atoms. The minimum absolute atomic E-state index is 0.219. The van der Waals surface area contributed by atoms with Crippen LogP contribution in [0.25, 0.3) is 0 Å². The highest BCUT2D eigenvalue weighted by atomic mass is 79.9. The molecule has 0 aliphatic carbocycles. The zero-order valence-corrected chi connectivity index (χ0v) is 12.9. The molecule has 106 valence electrons. The molecular weight excluding hydrogens is 313 g/mol. The molecule has 5 heteroatoms. The largest absolute Gasteiger partial charge is 0.393 e.